The predicted octanol–water partition coefficient (Wildman–Crippen LogP) is 3.53. The maximum atomic E-state index is 12.7. The second-order valence-corrected chi connectivity index (χ2v) is 6.84. The molecule has 4 nitrogen and oxygen atoms in total. The molecule has 2 aromatic rings. The van der Waals surface area contributed by atoms with Crippen LogP contribution in [0.2, 0.25) is 0 Å². The minimum atomic E-state index is -4.39. The average molecular weight is 388 g/mol. The number of benzene rings is 2. The lowest BCUT2D eigenvalue weighted by molar-refractivity contribution is -0.137. The Balaban J connectivity index is 1.93. The van der Waals surface area contributed by atoms with Crippen LogP contribution in [-0.2, 0) is 17.5 Å². The number of carbonyl (C=O) groups is 2. The normalized spacial score (nSPS) is 14.5. The van der Waals surface area contributed by atoms with Gasteiger partial charge in [0.15, 0.2) is 0 Å². The number of hydrogen-bond acceptors (Lipinski definition) is 4. The van der Waals surface area contributed by atoms with Gasteiger partial charge in [-0.25, -0.2) is 0 Å². The van der Waals surface area contributed by atoms with Crippen molar-refractivity contribution in [2.45, 2.75) is 12.7 Å². The van der Waals surface area contributed by atoms with Crippen LogP contribution < -0.4 is 5.32 Å². The lowest BCUT2D eigenvalue weighted by Crippen LogP contribution is -2.33. The maximum Gasteiger partial charge on any atom is 0.416 e. The third-order valence-corrected chi connectivity index (χ3v) is 4.45. The van der Waals surface area contributed by atoms with Crippen LogP contribution in [0.4, 0.5) is 13.2 Å². The number of nitrogens with zero attached hydrogens (tertiary/aromatic N) is 1. The zero-order valence-electron chi connectivity index (χ0n) is 15.4. The fourth-order valence-corrected chi connectivity index (χ4v) is 3.11. The Morgan fingerprint density at radius 2 is 1.50 bits per heavy atom. The fourth-order valence-electron chi connectivity index (χ4n) is 3.11. The largest absolute Gasteiger partial charge is 0.416 e. The number of alkyl halides is 3. The summed E-state index contributed by atoms with van der Waals surface area (Å²) < 4.78 is 38.2. The van der Waals surface area contributed by atoms with Crippen molar-refractivity contribution in [2.24, 2.45) is 0 Å². The number of rotatable bonds is 5. The molecule has 7 heteroatoms. The van der Waals surface area contributed by atoms with Gasteiger partial charge in [0.2, 0.25) is 11.6 Å². The minimum Gasteiger partial charge on any atom is -0.380 e. The Morgan fingerprint density at radius 3 is 2.07 bits per heavy atom. The van der Waals surface area contributed by atoms with E-state index in [0.29, 0.717) is 28.0 Å². The molecule has 3 rings (SSSR count). The Kier molecular flexibility index (Phi) is 5.38. The van der Waals surface area contributed by atoms with Gasteiger partial charge in [0.1, 0.15) is 0 Å². The molecule has 0 saturated heterocycles. The summed E-state index contributed by atoms with van der Waals surface area (Å²) in [5, 5.41) is 3.16. The summed E-state index contributed by atoms with van der Waals surface area (Å²) in [5.74, 6) is -1.12. The molecule has 28 heavy (non-hydrogen) atoms. The number of carbonyl (C=O) groups excluding carboxylic acids is 2. The smallest absolute Gasteiger partial charge is 0.380 e. The number of fused-ring (bicyclic) bond motifs is 1. The highest BCUT2D eigenvalue weighted by Crippen LogP contribution is 2.30. The number of halogens is 3. The molecule has 1 aliphatic rings. The van der Waals surface area contributed by atoms with Crippen molar-refractivity contribution in [1.29, 1.82) is 0 Å². The van der Waals surface area contributed by atoms with E-state index in [2.05, 4.69) is 5.32 Å². The van der Waals surface area contributed by atoms with Crippen LogP contribution in [0.5, 0.6) is 0 Å². The lowest BCUT2D eigenvalue weighted by Gasteiger charge is -2.24. The summed E-state index contributed by atoms with van der Waals surface area (Å²) in [5.41, 5.74) is 1.74. The Labute approximate surface area is 160 Å². The standard InChI is InChI=1S/C21H19F3N2O2/c1-26(2)12-17-18(15-5-3-4-6-16(15)19(27)20(17)28)25-11-13-7-9-14(10-8-13)21(22,23)24/h3-10,25H,11-12H2,1-2H3. The van der Waals surface area contributed by atoms with Gasteiger partial charge in [-0.05, 0) is 31.8 Å². The summed E-state index contributed by atoms with van der Waals surface area (Å²) in [4.78, 5) is 26.8. The SMILES string of the molecule is CN(C)CC1=C(NCc2ccc(C(F)(F)F)cc2)c2ccccc2C(=O)C1=O. The molecule has 0 bridgehead atoms. The van der Waals surface area contributed by atoms with E-state index in [-0.39, 0.29) is 13.1 Å². The second-order valence-electron chi connectivity index (χ2n) is 6.84. The van der Waals surface area contributed by atoms with Crippen molar-refractivity contribution in [2.75, 3.05) is 20.6 Å². The lowest BCUT2D eigenvalue weighted by atomic mass is 9.87. The summed E-state index contributed by atoms with van der Waals surface area (Å²) in [7, 11) is 3.58. The Hall–Kier alpha value is -2.93. The van der Waals surface area contributed by atoms with E-state index in [1.54, 1.807) is 43.3 Å². The molecule has 0 fully saturated rings. The molecule has 1 N–H and O–H groups in total. The zero-order valence-corrected chi connectivity index (χ0v) is 15.4. The number of nitrogens with one attached hydrogen (secondary N) is 1. The van der Waals surface area contributed by atoms with Gasteiger partial charge in [0, 0.05) is 29.8 Å². The molecule has 0 spiro atoms. The fraction of sp³-hybridized carbons (Fsp3) is 0.238. The van der Waals surface area contributed by atoms with E-state index in [0.717, 1.165) is 12.1 Å². The topological polar surface area (TPSA) is 49.4 Å². The van der Waals surface area contributed by atoms with Crippen molar-refractivity contribution in [3.63, 3.8) is 0 Å². The monoisotopic (exact) mass is 388 g/mol. The van der Waals surface area contributed by atoms with Crippen molar-refractivity contribution < 1.29 is 22.8 Å². The van der Waals surface area contributed by atoms with Gasteiger partial charge in [0.05, 0.1) is 11.3 Å². The number of ketones is 2. The van der Waals surface area contributed by atoms with Crippen molar-refractivity contribution in [3.8, 4) is 0 Å². The van der Waals surface area contributed by atoms with Gasteiger partial charge in [-0.2, -0.15) is 13.2 Å². The molecule has 0 amide bonds. The first-order valence-corrected chi connectivity index (χ1v) is 8.65. The van der Waals surface area contributed by atoms with Gasteiger partial charge in [-0.3, -0.25) is 9.59 Å². The molecule has 0 aromatic heterocycles. The molecular formula is C21H19F3N2O2. The molecule has 0 heterocycles. The third kappa shape index (κ3) is 3.99. The molecule has 2 aromatic carbocycles. The molecule has 0 unspecified atom stereocenters. The predicted molar refractivity (Wildman–Crippen MR) is 99.5 cm³/mol. The Morgan fingerprint density at radius 1 is 0.893 bits per heavy atom. The first kappa shape index (κ1) is 19.8. The number of likely N-dealkylation sites (N-methyl/N-ethyl adjacent to an activating group) is 1. The highest BCUT2D eigenvalue weighted by atomic mass is 19.4. The van der Waals surface area contributed by atoms with Crippen LogP contribution in [0.15, 0.2) is 54.1 Å². The first-order chi connectivity index (χ1) is 13.2. The third-order valence-electron chi connectivity index (χ3n) is 4.45. The summed E-state index contributed by atoms with van der Waals surface area (Å²) in [6.07, 6.45) is -4.39. The highest BCUT2D eigenvalue weighted by molar-refractivity contribution is 6.52. The summed E-state index contributed by atoms with van der Waals surface area (Å²) in [6, 6.07) is 11.6. The number of hydrogen-bond donors (Lipinski definition) is 1. The van der Waals surface area contributed by atoms with Gasteiger partial charge < -0.3 is 10.2 Å². The van der Waals surface area contributed by atoms with Crippen LogP contribution in [0.3, 0.4) is 0 Å². The van der Waals surface area contributed by atoms with Crippen LogP contribution in [0.1, 0.15) is 27.0 Å². The molecule has 0 saturated carbocycles. The molecule has 146 valence electrons. The quantitative estimate of drug-likeness (QED) is 0.797. The summed E-state index contributed by atoms with van der Waals surface area (Å²) >= 11 is 0. The van der Waals surface area contributed by atoms with Crippen LogP contribution >= 0.6 is 0 Å². The molecular weight excluding hydrogens is 369 g/mol. The maximum absolute atomic E-state index is 12.7. The van der Waals surface area contributed by atoms with Crippen LogP contribution in [0.25, 0.3) is 5.70 Å². The van der Waals surface area contributed by atoms with Crippen LogP contribution in [-0.4, -0.2) is 37.1 Å². The van der Waals surface area contributed by atoms with E-state index in [9.17, 15) is 22.8 Å². The van der Waals surface area contributed by atoms with E-state index >= 15 is 0 Å². The van der Waals surface area contributed by atoms with Gasteiger partial charge >= 0.3 is 6.18 Å². The average Bonchev–Trinajstić information content (AvgIpc) is 2.65. The molecule has 0 atom stereocenters. The van der Waals surface area contributed by atoms with E-state index < -0.39 is 23.3 Å². The second kappa shape index (κ2) is 7.59. The molecule has 0 aliphatic heterocycles. The summed E-state index contributed by atoms with van der Waals surface area (Å²) in [6.45, 7) is 0.495. The van der Waals surface area contributed by atoms with Crippen molar-refractivity contribution in [1.82, 2.24) is 10.2 Å². The van der Waals surface area contributed by atoms with E-state index in [1.165, 1.54) is 12.1 Å². The van der Waals surface area contributed by atoms with E-state index in [1.807, 2.05) is 0 Å². The number of Topliss-reactive ketones (excluding diaryl/α,β-unsaturated/α-hetero) is 2. The van der Waals surface area contributed by atoms with Gasteiger partial charge in [0.25, 0.3) is 0 Å². The minimum absolute atomic E-state index is 0.222. The molecule has 1 aliphatic carbocycles. The van der Waals surface area contributed by atoms with Gasteiger partial charge in [-0.1, -0.05) is 36.4 Å². The van der Waals surface area contributed by atoms with Crippen molar-refractivity contribution >= 4 is 17.3 Å². The zero-order chi connectivity index (χ0) is 20.5. The Bertz CT molecular complexity index is 945. The van der Waals surface area contributed by atoms with Gasteiger partial charge in [-0.15, -0.1) is 0 Å². The first-order valence-electron chi connectivity index (χ1n) is 8.65. The molecule has 0 radical (unpaired) electrons. The van der Waals surface area contributed by atoms with Crippen LogP contribution in [0, 0.1) is 0 Å². The van der Waals surface area contributed by atoms with E-state index in [4.69, 9.17) is 0 Å². The van der Waals surface area contributed by atoms with Crippen molar-refractivity contribution in [3.05, 3.63) is 76.4 Å². The highest BCUT2D eigenvalue weighted by Gasteiger charge is 2.33.